The maximum absolute atomic E-state index is 5.97. The van der Waals surface area contributed by atoms with Gasteiger partial charge in [0.15, 0.2) is 5.75 Å². The molecule has 8 heteroatoms. The molecular weight excluding hydrogens is 313 g/mol. The van der Waals surface area contributed by atoms with E-state index in [4.69, 9.17) is 27.9 Å². The number of hydrogen-bond acceptors (Lipinski definition) is 4. The zero-order valence-corrected chi connectivity index (χ0v) is 12.6. The van der Waals surface area contributed by atoms with Crippen molar-refractivity contribution in [2.45, 2.75) is 13.5 Å². The van der Waals surface area contributed by atoms with Crippen LogP contribution in [0.25, 0.3) is 0 Å². The quantitative estimate of drug-likeness (QED) is 0.798. The van der Waals surface area contributed by atoms with E-state index in [0.29, 0.717) is 33.8 Å². The zero-order chi connectivity index (χ0) is 14.8. The molecule has 0 radical (unpaired) electrons. The molecule has 3 rings (SSSR count). The van der Waals surface area contributed by atoms with Crippen LogP contribution < -0.4 is 4.74 Å². The van der Waals surface area contributed by atoms with Gasteiger partial charge >= 0.3 is 0 Å². The Balaban J connectivity index is 1.89. The number of ether oxygens (including phenoxy) is 1. The van der Waals surface area contributed by atoms with Crippen LogP contribution >= 0.6 is 23.2 Å². The van der Waals surface area contributed by atoms with E-state index in [0.717, 1.165) is 5.69 Å². The van der Waals surface area contributed by atoms with Gasteiger partial charge in [-0.25, -0.2) is 9.67 Å². The third kappa shape index (κ3) is 3.17. The smallest absolute Gasteiger partial charge is 0.173 e. The van der Waals surface area contributed by atoms with Crippen molar-refractivity contribution < 1.29 is 4.74 Å². The van der Waals surface area contributed by atoms with E-state index < -0.39 is 0 Å². The summed E-state index contributed by atoms with van der Waals surface area (Å²) >= 11 is 11.9. The first kappa shape index (κ1) is 13.9. The van der Waals surface area contributed by atoms with Gasteiger partial charge in [0.2, 0.25) is 0 Å². The van der Waals surface area contributed by atoms with Gasteiger partial charge in [-0.15, -0.1) is 0 Å². The molecule has 0 saturated carbocycles. The molecule has 21 heavy (non-hydrogen) atoms. The van der Waals surface area contributed by atoms with Crippen molar-refractivity contribution in [1.29, 1.82) is 0 Å². The summed E-state index contributed by atoms with van der Waals surface area (Å²) in [4.78, 5) is 3.90. The molecular formula is C13H11Cl2N5O. The number of aromatic nitrogens is 5. The molecule has 0 aliphatic rings. The molecule has 0 fully saturated rings. The summed E-state index contributed by atoms with van der Waals surface area (Å²) in [5, 5.41) is 12.2. The highest BCUT2D eigenvalue weighted by atomic mass is 35.5. The van der Waals surface area contributed by atoms with Gasteiger partial charge in [-0.2, -0.15) is 10.2 Å². The Morgan fingerprint density at radius 3 is 2.67 bits per heavy atom. The summed E-state index contributed by atoms with van der Waals surface area (Å²) in [6, 6.07) is 5.03. The topological polar surface area (TPSA) is 68.6 Å². The van der Waals surface area contributed by atoms with Gasteiger partial charge in [-0.1, -0.05) is 23.2 Å². The predicted octanol–water partition coefficient (Wildman–Crippen LogP) is 3.46. The third-order valence-corrected chi connectivity index (χ3v) is 3.23. The van der Waals surface area contributed by atoms with Crippen molar-refractivity contribution in [3.63, 3.8) is 0 Å². The molecule has 2 aromatic heterocycles. The van der Waals surface area contributed by atoms with E-state index in [1.807, 2.05) is 6.92 Å². The number of aryl methyl sites for hydroxylation is 1. The molecule has 3 aromatic rings. The van der Waals surface area contributed by atoms with E-state index in [2.05, 4.69) is 20.3 Å². The van der Waals surface area contributed by atoms with Crippen LogP contribution in [-0.4, -0.2) is 25.0 Å². The van der Waals surface area contributed by atoms with Crippen molar-refractivity contribution in [3.05, 3.63) is 52.3 Å². The average molecular weight is 324 g/mol. The second kappa shape index (κ2) is 5.75. The highest BCUT2D eigenvalue weighted by molar-refractivity contribution is 6.34. The predicted molar refractivity (Wildman–Crippen MR) is 79.0 cm³/mol. The highest BCUT2D eigenvalue weighted by Crippen LogP contribution is 2.31. The van der Waals surface area contributed by atoms with Crippen LogP contribution in [0.5, 0.6) is 11.5 Å². The van der Waals surface area contributed by atoms with E-state index in [9.17, 15) is 0 Å². The number of aromatic amines is 1. The van der Waals surface area contributed by atoms with Crippen LogP contribution in [0.2, 0.25) is 10.0 Å². The van der Waals surface area contributed by atoms with Crippen LogP contribution in [0, 0.1) is 6.92 Å². The van der Waals surface area contributed by atoms with Gasteiger partial charge in [-0.3, -0.25) is 5.10 Å². The summed E-state index contributed by atoms with van der Waals surface area (Å²) in [5.41, 5.74) is 1.52. The average Bonchev–Trinajstić information content (AvgIpc) is 3.03. The minimum atomic E-state index is 0.452. The molecule has 0 saturated heterocycles. The molecule has 0 bridgehead atoms. The van der Waals surface area contributed by atoms with E-state index >= 15 is 0 Å². The van der Waals surface area contributed by atoms with E-state index in [1.165, 1.54) is 6.33 Å². The number of hydrogen-bond donors (Lipinski definition) is 1. The molecule has 0 atom stereocenters. The molecule has 108 valence electrons. The number of halogens is 2. The second-order valence-corrected chi connectivity index (χ2v) is 5.30. The number of rotatable bonds is 4. The molecule has 2 heterocycles. The van der Waals surface area contributed by atoms with Crippen molar-refractivity contribution in [2.24, 2.45) is 0 Å². The largest absolute Gasteiger partial charge is 0.453 e. The molecule has 1 N–H and O–H groups in total. The first-order valence-electron chi connectivity index (χ1n) is 6.12. The Labute approximate surface area is 130 Å². The van der Waals surface area contributed by atoms with Gasteiger partial charge < -0.3 is 4.74 Å². The van der Waals surface area contributed by atoms with E-state index in [-0.39, 0.29) is 0 Å². The lowest BCUT2D eigenvalue weighted by Gasteiger charge is -2.08. The van der Waals surface area contributed by atoms with Gasteiger partial charge in [0.05, 0.1) is 12.2 Å². The number of H-pyrrole nitrogens is 1. The third-order valence-electron chi connectivity index (χ3n) is 2.80. The molecule has 1 aromatic carbocycles. The maximum atomic E-state index is 5.97. The molecule has 0 spiro atoms. The molecule has 0 unspecified atom stereocenters. The van der Waals surface area contributed by atoms with Crippen LogP contribution in [0.4, 0.5) is 0 Å². The lowest BCUT2D eigenvalue weighted by Crippen LogP contribution is -2.02. The van der Waals surface area contributed by atoms with E-state index in [1.54, 1.807) is 29.2 Å². The molecule has 6 nitrogen and oxygen atoms in total. The number of nitrogens with one attached hydrogen (secondary N) is 1. The summed E-state index contributed by atoms with van der Waals surface area (Å²) in [7, 11) is 0. The Hall–Kier alpha value is -2.05. The minimum Gasteiger partial charge on any atom is -0.453 e. The fourth-order valence-corrected chi connectivity index (χ4v) is 2.39. The van der Waals surface area contributed by atoms with Crippen molar-refractivity contribution in [1.82, 2.24) is 25.0 Å². The van der Waals surface area contributed by atoms with Crippen LogP contribution in [-0.2, 0) is 6.54 Å². The molecule has 0 aliphatic carbocycles. The Bertz CT molecular complexity index is 734. The molecule has 0 aliphatic heterocycles. The fourth-order valence-electron chi connectivity index (χ4n) is 1.89. The zero-order valence-electron chi connectivity index (χ0n) is 11.0. The normalized spacial score (nSPS) is 10.8. The maximum Gasteiger partial charge on any atom is 0.173 e. The Morgan fingerprint density at radius 1 is 1.24 bits per heavy atom. The van der Waals surface area contributed by atoms with Crippen LogP contribution in [0.3, 0.4) is 0 Å². The lowest BCUT2D eigenvalue weighted by molar-refractivity contribution is 0.468. The number of nitrogens with zero attached hydrogens (tertiary/aromatic N) is 4. The monoisotopic (exact) mass is 323 g/mol. The second-order valence-electron chi connectivity index (χ2n) is 4.42. The summed E-state index contributed by atoms with van der Waals surface area (Å²) in [6.07, 6.45) is 3.08. The van der Waals surface area contributed by atoms with Crippen molar-refractivity contribution in [2.75, 3.05) is 0 Å². The lowest BCUT2D eigenvalue weighted by atomic mass is 10.3. The first-order chi connectivity index (χ1) is 10.1. The summed E-state index contributed by atoms with van der Waals surface area (Å²) < 4.78 is 7.53. The van der Waals surface area contributed by atoms with Crippen molar-refractivity contribution >= 4 is 23.2 Å². The van der Waals surface area contributed by atoms with Crippen LogP contribution in [0.15, 0.2) is 30.9 Å². The highest BCUT2D eigenvalue weighted by Gasteiger charge is 2.14. The standard InChI is InChI=1S/C13H11Cl2N5O/c1-8-13(21-11-3-9(14)2-10(15)4-11)12(19-18-8)5-20-7-16-6-17-20/h2-4,6-7H,5H2,1H3,(H,18,19). The fraction of sp³-hybridized carbons (Fsp3) is 0.154. The minimum absolute atomic E-state index is 0.452. The SMILES string of the molecule is Cc1[nH]nc(Cn2cncn2)c1Oc1cc(Cl)cc(Cl)c1. The van der Waals surface area contributed by atoms with Gasteiger partial charge in [0, 0.05) is 10.0 Å². The molecule has 0 amide bonds. The Morgan fingerprint density at radius 2 is 2.00 bits per heavy atom. The van der Waals surface area contributed by atoms with Gasteiger partial charge in [0.1, 0.15) is 24.1 Å². The summed E-state index contributed by atoms with van der Waals surface area (Å²) in [5.74, 6) is 1.18. The Kier molecular flexibility index (Phi) is 3.81. The number of benzene rings is 1. The van der Waals surface area contributed by atoms with Crippen LogP contribution in [0.1, 0.15) is 11.4 Å². The van der Waals surface area contributed by atoms with Gasteiger partial charge in [0.25, 0.3) is 0 Å². The van der Waals surface area contributed by atoms with Crippen molar-refractivity contribution in [3.8, 4) is 11.5 Å². The summed E-state index contributed by atoms with van der Waals surface area (Å²) in [6.45, 7) is 2.33. The first-order valence-corrected chi connectivity index (χ1v) is 6.87. The van der Waals surface area contributed by atoms with Gasteiger partial charge in [-0.05, 0) is 25.1 Å².